The number of hydrogen-bond acceptors (Lipinski definition) is 6. The van der Waals surface area contributed by atoms with Crippen molar-refractivity contribution in [1.29, 1.82) is 0 Å². The molecule has 1 aliphatic rings. The van der Waals surface area contributed by atoms with E-state index < -0.39 is 0 Å². The molecule has 0 unspecified atom stereocenters. The predicted octanol–water partition coefficient (Wildman–Crippen LogP) is 3.67. The van der Waals surface area contributed by atoms with E-state index in [-0.39, 0.29) is 11.9 Å². The summed E-state index contributed by atoms with van der Waals surface area (Å²) >= 11 is 1.43. The van der Waals surface area contributed by atoms with Crippen LogP contribution in [0.3, 0.4) is 0 Å². The first-order valence-electron chi connectivity index (χ1n) is 7.24. The van der Waals surface area contributed by atoms with E-state index in [1.807, 2.05) is 24.3 Å². The van der Waals surface area contributed by atoms with Gasteiger partial charge in [-0.3, -0.25) is 4.98 Å². The summed E-state index contributed by atoms with van der Waals surface area (Å²) in [6, 6.07) is 10.6. The molecule has 1 aromatic carbocycles. The fourth-order valence-electron chi connectivity index (χ4n) is 2.56. The second-order valence-corrected chi connectivity index (χ2v) is 6.10. The van der Waals surface area contributed by atoms with Crippen LogP contribution in [0.25, 0.3) is 10.7 Å². The molecular weight excluding hydrogens is 315 g/mol. The molecule has 0 radical (unpaired) electrons. The van der Waals surface area contributed by atoms with E-state index >= 15 is 0 Å². The van der Waals surface area contributed by atoms with Gasteiger partial charge in [-0.05, 0) is 18.2 Å². The number of rotatable bonds is 3. The molecule has 1 atom stereocenters. The average molecular weight is 328 g/mol. The molecule has 1 aliphatic heterocycles. The molecule has 0 spiro atoms. The average Bonchev–Trinajstić information content (AvgIpc) is 3.05. The number of hydrogen-bond donors (Lipinski definition) is 1. The molecule has 23 heavy (non-hydrogen) atoms. The number of para-hydroxylation sites is 1. The van der Waals surface area contributed by atoms with E-state index in [1.54, 1.807) is 12.3 Å². The van der Waals surface area contributed by atoms with Crippen LogP contribution in [-0.4, -0.2) is 21.8 Å². The summed E-state index contributed by atoms with van der Waals surface area (Å²) in [5.41, 5.74) is 1.60. The summed E-state index contributed by atoms with van der Waals surface area (Å²) in [5.74, 6) is -0.00819. The SMILES string of the molecule is Fc1cccc2c1OCC[C@@H]2Nc1nnc(-c2ccccn2)s1. The molecule has 7 heteroatoms. The Morgan fingerprint density at radius 3 is 3.00 bits per heavy atom. The van der Waals surface area contributed by atoms with Crippen LogP contribution in [0.1, 0.15) is 18.0 Å². The van der Waals surface area contributed by atoms with Crippen molar-refractivity contribution in [3.05, 3.63) is 54.0 Å². The normalized spacial score (nSPS) is 16.5. The van der Waals surface area contributed by atoms with E-state index in [0.29, 0.717) is 17.5 Å². The third kappa shape index (κ3) is 2.75. The molecule has 0 aliphatic carbocycles. The molecule has 0 saturated carbocycles. The number of ether oxygens (including phenoxy) is 1. The molecule has 3 aromatic rings. The lowest BCUT2D eigenvalue weighted by Crippen LogP contribution is -2.21. The Morgan fingerprint density at radius 2 is 2.13 bits per heavy atom. The van der Waals surface area contributed by atoms with Gasteiger partial charge < -0.3 is 10.1 Å². The van der Waals surface area contributed by atoms with Crippen molar-refractivity contribution >= 4 is 16.5 Å². The van der Waals surface area contributed by atoms with Gasteiger partial charge in [0.2, 0.25) is 5.13 Å². The zero-order valence-electron chi connectivity index (χ0n) is 12.1. The van der Waals surface area contributed by atoms with Crippen LogP contribution in [0.4, 0.5) is 9.52 Å². The van der Waals surface area contributed by atoms with Gasteiger partial charge in [-0.25, -0.2) is 4.39 Å². The Hall–Kier alpha value is -2.54. The molecule has 0 amide bonds. The highest BCUT2D eigenvalue weighted by Gasteiger charge is 2.24. The molecular formula is C16H13FN4OS. The zero-order chi connectivity index (χ0) is 15.6. The van der Waals surface area contributed by atoms with Crippen molar-refractivity contribution in [3.8, 4) is 16.5 Å². The summed E-state index contributed by atoms with van der Waals surface area (Å²) in [5, 5.41) is 13.1. The quantitative estimate of drug-likeness (QED) is 0.795. The summed E-state index contributed by atoms with van der Waals surface area (Å²) in [6.45, 7) is 0.470. The third-order valence-corrected chi connectivity index (χ3v) is 4.51. The number of benzene rings is 1. The smallest absolute Gasteiger partial charge is 0.206 e. The van der Waals surface area contributed by atoms with Gasteiger partial charge >= 0.3 is 0 Å². The molecule has 2 aromatic heterocycles. The van der Waals surface area contributed by atoms with Crippen molar-refractivity contribution in [2.75, 3.05) is 11.9 Å². The molecule has 0 bridgehead atoms. The Bertz CT molecular complexity index is 824. The van der Waals surface area contributed by atoms with Gasteiger partial charge in [-0.15, -0.1) is 10.2 Å². The lowest BCUT2D eigenvalue weighted by Gasteiger charge is -2.26. The van der Waals surface area contributed by atoms with E-state index in [0.717, 1.165) is 22.7 Å². The van der Waals surface area contributed by atoms with Crippen LogP contribution >= 0.6 is 11.3 Å². The fraction of sp³-hybridized carbons (Fsp3) is 0.188. The van der Waals surface area contributed by atoms with Gasteiger partial charge in [-0.1, -0.05) is 29.5 Å². The van der Waals surface area contributed by atoms with Gasteiger partial charge in [0.05, 0.1) is 12.6 Å². The number of fused-ring (bicyclic) bond motifs is 1. The Kier molecular flexibility index (Phi) is 3.63. The van der Waals surface area contributed by atoms with Crippen LogP contribution in [0.15, 0.2) is 42.6 Å². The summed E-state index contributed by atoms with van der Waals surface area (Å²) in [7, 11) is 0. The molecule has 116 valence electrons. The molecule has 3 heterocycles. The minimum atomic E-state index is -0.333. The molecule has 0 saturated heterocycles. The van der Waals surface area contributed by atoms with Crippen LogP contribution in [0.2, 0.25) is 0 Å². The molecule has 1 N–H and O–H groups in total. The highest BCUT2D eigenvalue weighted by atomic mass is 32.1. The van der Waals surface area contributed by atoms with Crippen molar-refractivity contribution in [2.45, 2.75) is 12.5 Å². The molecule has 4 rings (SSSR count). The Morgan fingerprint density at radius 1 is 1.17 bits per heavy atom. The predicted molar refractivity (Wildman–Crippen MR) is 86.0 cm³/mol. The van der Waals surface area contributed by atoms with E-state index in [9.17, 15) is 4.39 Å². The number of aromatic nitrogens is 3. The summed E-state index contributed by atoms with van der Waals surface area (Å²) < 4.78 is 19.3. The molecule has 0 fully saturated rings. The summed E-state index contributed by atoms with van der Waals surface area (Å²) in [4.78, 5) is 4.27. The van der Waals surface area contributed by atoms with Crippen molar-refractivity contribution in [2.24, 2.45) is 0 Å². The monoisotopic (exact) mass is 328 g/mol. The number of pyridine rings is 1. The topological polar surface area (TPSA) is 59.9 Å². The van der Waals surface area contributed by atoms with Crippen molar-refractivity contribution in [3.63, 3.8) is 0 Å². The van der Waals surface area contributed by atoms with Gasteiger partial charge in [0.25, 0.3) is 0 Å². The van der Waals surface area contributed by atoms with E-state index in [1.165, 1.54) is 17.4 Å². The Labute approximate surface area is 136 Å². The van der Waals surface area contributed by atoms with Gasteiger partial charge in [0.15, 0.2) is 16.6 Å². The zero-order valence-corrected chi connectivity index (χ0v) is 12.9. The second-order valence-electron chi connectivity index (χ2n) is 5.12. The van der Waals surface area contributed by atoms with Gasteiger partial charge in [0, 0.05) is 18.2 Å². The maximum absolute atomic E-state index is 13.8. The van der Waals surface area contributed by atoms with Gasteiger partial charge in [-0.2, -0.15) is 0 Å². The van der Waals surface area contributed by atoms with Crippen molar-refractivity contribution < 1.29 is 9.13 Å². The minimum absolute atomic E-state index is 0.0426. The highest BCUT2D eigenvalue weighted by Crippen LogP contribution is 2.37. The first-order valence-corrected chi connectivity index (χ1v) is 8.05. The summed E-state index contributed by atoms with van der Waals surface area (Å²) in [6.07, 6.45) is 2.47. The largest absolute Gasteiger partial charge is 0.490 e. The third-order valence-electron chi connectivity index (χ3n) is 3.63. The number of anilines is 1. The first kappa shape index (κ1) is 14.1. The van der Waals surface area contributed by atoms with E-state index in [4.69, 9.17) is 4.74 Å². The number of halogens is 1. The Balaban J connectivity index is 1.59. The maximum atomic E-state index is 13.8. The van der Waals surface area contributed by atoms with Crippen LogP contribution in [-0.2, 0) is 0 Å². The number of nitrogens with zero attached hydrogens (tertiary/aromatic N) is 3. The van der Waals surface area contributed by atoms with Crippen molar-refractivity contribution in [1.82, 2.24) is 15.2 Å². The maximum Gasteiger partial charge on any atom is 0.206 e. The standard InChI is InChI=1S/C16H13FN4OS/c17-11-5-3-4-10-12(7-9-22-14(10)11)19-16-21-20-15(23-16)13-6-1-2-8-18-13/h1-6,8,12H,7,9H2,(H,19,21)/t12-/m0/s1. The van der Waals surface area contributed by atoms with Crippen LogP contribution < -0.4 is 10.1 Å². The second kappa shape index (κ2) is 5.92. The van der Waals surface area contributed by atoms with E-state index in [2.05, 4.69) is 20.5 Å². The van der Waals surface area contributed by atoms with Crippen LogP contribution in [0, 0.1) is 5.82 Å². The minimum Gasteiger partial charge on any atom is -0.490 e. The first-order chi connectivity index (χ1) is 11.3. The van der Waals surface area contributed by atoms with Crippen LogP contribution in [0.5, 0.6) is 5.75 Å². The lowest BCUT2D eigenvalue weighted by molar-refractivity contribution is 0.260. The van der Waals surface area contributed by atoms with Gasteiger partial charge in [0.1, 0.15) is 5.69 Å². The highest BCUT2D eigenvalue weighted by molar-refractivity contribution is 7.18. The fourth-order valence-corrected chi connectivity index (χ4v) is 3.33. The number of nitrogens with one attached hydrogen (secondary N) is 1. The lowest BCUT2D eigenvalue weighted by atomic mass is 10.0. The molecule has 5 nitrogen and oxygen atoms in total.